The van der Waals surface area contributed by atoms with Crippen LogP contribution in [0.25, 0.3) is 0 Å². The Morgan fingerprint density at radius 3 is 2.64 bits per heavy atom. The molecule has 0 aromatic heterocycles. The highest BCUT2D eigenvalue weighted by Gasteiger charge is 2.33. The largest absolute Gasteiger partial charge is 0.494 e. The molecule has 244 valence electrons. The van der Waals surface area contributed by atoms with Gasteiger partial charge < -0.3 is 35.4 Å². The Kier molecular flexibility index (Phi) is 11.8. The van der Waals surface area contributed by atoms with Crippen molar-refractivity contribution in [1.29, 1.82) is 0 Å². The number of piperidine rings is 1. The minimum Gasteiger partial charge on any atom is -0.494 e. The summed E-state index contributed by atoms with van der Waals surface area (Å²) >= 11 is 0. The normalized spacial score (nSPS) is 21.8. The van der Waals surface area contributed by atoms with Gasteiger partial charge in [-0.05, 0) is 87.6 Å². The van der Waals surface area contributed by atoms with Crippen LogP contribution in [0, 0.1) is 12.8 Å². The molecular weight excluding hydrogens is 576 g/mol. The molecule has 4 bridgehead atoms. The highest BCUT2D eigenvalue weighted by molar-refractivity contribution is 5.94. The smallest absolute Gasteiger partial charge is 0.408 e. The van der Waals surface area contributed by atoms with Crippen molar-refractivity contribution in [1.82, 2.24) is 20.9 Å². The van der Waals surface area contributed by atoms with E-state index in [9.17, 15) is 24.3 Å². The zero-order valence-corrected chi connectivity index (χ0v) is 26.5. The Morgan fingerprint density at radius 2 is 1.89 bits per heavy atom. The van der Waals surface area contributed by atoms with Crippen molar-refractivity contribution in [2.24, 2.45) is 5.92 Å². The minimum atomic E-state index is -1.30. The Hall–Kier alpha value is -4.12. The molecule has 2 aromatic rings. The fourth-order valence-electron chi connectivity index (χ4n) is 5.57. The number of nitrogens with one attached hydrogen (secondary N) is 3. The number of carbonyl (C=O) groups is 4. The van der Waals surface area contributed by atoms with E-state index in [4.69, 9.17) is 9.47 Å². The van der Waals surface area contributed by atoms with Gasteiger partial charge >= 0.3 is 6.09 Å². The summed E-state index contributed by atoms with van der Waals surface area (Å²) in [5, 5.41) is 17.8. The molecule has 45 heavy (non-hydrogen) atoms. The molecule has 1 fully saturated rings. The lowest BCUT2D eigenvalue weighted by Crippen LogP contribution is -2.56. The first kappa shape index (κ1) is 33.8. The number of nitrogens with zero attached hydrogens (tertiary/aromatic N) is 1. The molecule has 0 radical (unpaired) electrons. The Bertz CT molecular complexity index is 1330. The van der Waals surface area contributed by atoms with Gasteiger partial charge in [-0.25, -0.2) is 4.79 Å². The summed E-state index contributed by atoms with van der Waals surface area (Å²) in [6.45, 7) is 6.39. The number of hydrogen-bond acceptors (Lipinski definition) is 7. The van der Waals surface area contributed by atoms with E-state index in [0.717, 1.165) is 36.0 Å². The first-order valence-electron chi connectivity index (χ1n) is 15.8. The number of carbonyl (C=O) groups excluding carboxylic acids is 4. The second-order valence-corrected chi connectivity index (χ2v) is 12.6. The van der Waals surface area contributed by atoms with Crippen molar-refractivity contribution in [3.63, 3.8) is 0 Å². The maximum absolute atomic E-state index is 13.8. The summed E-state index contributed by atoms with van der Waals surface area (Å²) in [7, 11) is 0. The summed E-state index contributed by atoms with van der Waals surface area (Å²) in [4.78, 5) is 55.4. The number of fused-ring (bicyclic) bond motifs is 4. The Morgan fingerprint density at radius 1 is 1.11 bits per heavy atom. The summed E-state index contributed by atoms with van der Waals surface area (Å²) in [6.07, 6.45) is 2.10. The topological polar surface area (TPSA) is 146 Å². The maximum atomic E-state index is 13.8. The third kappa shape index (κ3) is 10.2. The van der Waals surface area contributed by atoms with Gasteiger partial charge in [-0.1, -0.05) is 36.4 Å². The van der Waals surface area contributed by atoms with Crippen LogP contribution in [0.4, 0.5) is 4.79 Å². The zero-order chi connectivity index (χ0) is 32.4. The number of aliphatic hydroxyl groups excluding tert-OH is 1. The number of aliphatic hydroxyl groups is 1. The average molecular weight is 623 g/mol. The highest BCUT2D eigenvalue weighted by atomic mass is 16.6. The van der Waals surface area contributed by atoms with Crippen LogP contribution < -0.4 is 20.7 Å². The summed E-state index contributed by atoms with van der Waals surface area (Å²) < 4.78 is 11.4. The number of rotatable bonds is 6. The molecule has 2 aromatic carbocycles. The molecular formula is C34H46N4O7. The molecule has 0 aliphatic carbocycles. The van der Waals surface area contributed by atoms with Crippen molar-refractivity contribution >= 4 is 23.8 Å². The Balaban J connectivity index is 1.61. The van der Waals surface area contributed by atoms with Crippen LogP contribution >= 0.6 is 0 Å². The molecule has 0 saturated carbocycles. The van der Waals surface area contributed by atoms with Gasteiger partial charge in [0.1, 0.15) is 23.4 Å². The first-order chi connectivity index (χ1) is 21.5. The van der Waals surface area contributed by atoms with Gasteiger partial charge in [0.05, 0.1) is 19.6 Å². The quantitative estimate of drug-likeness (QED) is 0.388. The lowest BCUT2D eigenvalue weighted by molar-refractivity contribution is -0.137. The molecule has 2 aliphatic heterocycles. The molecule has 11 nitrogen and oxygen atoms in total. The fourth-order valence-corrected chi connectivity index (χ4v) is 5.57. The first-order valence-corrected chi connectivity index (χ1v) is 15.8. The van der Waals surface area contributed by atoms with E-state index in [1.807, 2.05) is 55.5 Å². The minimum absolute atomic E-state index is 0.236. The molecule has 1 unspecified atom stereocenters. The van der Waals surface area contributed by atoms with Crippen molar-refractivity contribution in [2.75, 3.05) is 26.3 Å². The van der Waals surface area contributed by atoms with Crippen LogP contribution in [-0.4, -0.2) is 77.8 Å². The number of hydrogen-bond donors (Lipinski definition) is 4. The van der Waals surface area contributed by atoms with E-state index in [1.165, 1.54) is 13.8 Å². The van der Waals surface area contributed by atoms with E-state index in [1.54, 1.807) is 4.90 Å². The third-order valence-electron chi connectivity index (χ3n) is 8.37. The number of benzene rings is 2. The zero-order valence-electron chi connectivity index (χ0n) is 26.5. The fraction of sp³-hybridized carbons (Fsp3) is 0.529. The van der Waals surface area contributed by atoms with Crippen LogP contribution in [0.5, 0.6) is 5.75 Å². The van der Waals surface area contributed by atoms with Crippen molar-refractivity contribution in [3.8, 4) is 5.75 Å². The number of alkyl carbamates (subject to hydrolysis) is 1. The molecule has 4 rings (SSSR count). The van der Waals surface area contributed by atoms with Crippen molar-refractivity contribution < 1.29 is 33.8 Å². The molecule has 4 amide bonds. The lowest BCUT2D eigenvalue weighted by atomic mass is 9.94. The number of amides is 4. The molecule has 3 atom stereocenters. The van der Waals surface area contributed by atoms with Gasteiger partial charge in [-0.3, -0.25) is 14.4 Å². The summed E-state index contributed by atoms with van der Waals surface area (Å²) in [6, 6.07) is 13.2. The van der Waals surface area contributed by atoms with Crippen LogP contribution in [0.15, 0.2) is 48.5 Å². The van der Waals surface area contributed by atoms with Gasteiger partial charge in [0.25, 0.3) is 0 Å². The van der Waals surface area contributed by atoms with Gasteiger partial charge in [-0.2, -0.15) is 0 Å². The Labute approximate surface area is 265 Å². The van der Waals surface area contributed by atoms with E-state index in [0.29, 0.717) is 38.3 Å². The molecule has 2 aliphatic rings. The van der Waals surface area contributed by atoms with Crippen molar-refractivity contribution in [3.05, 3.63) is 65.2 Å². The highest BCUT2D eigenvalue weighted by Crippen LogP contribution is 2.23. The second-order valence-electron chi connectivity index (χ2n) is 12.6. The van der Waals surface area contributed by atoms with Gasteiger partial charge in [0.15, 0.2) is 0 Å². The van der Waals surface area contributed by atoms with Gasteiger partial charge in [0.2, 0.25) is 17.7 Å². The lowest BCUT2D eigenvalue weighted by Gasteiger charge is -2.34. The predicted molar refractivity (Wildman–Crippen MR) is 168 cm³/mol. The van der Waals surface area contributed by atoms with E-state index in [2.05, 4.69) is 16.0 Å². The molecule has 2 heterocycles. The molecule has 4 N–H and O–H groups in total. The van der Waals surface area contributed by atoms with E-state index < -0.39 is 36.3 Å². The van der Waals surface area contributed by atoms with Crippen LogP contribution in [-0.2, 0) is 32.1 Å². The SMILES string of the molecule is Cc1ccc2cc1CNC(=O)[C@H](CCc1ccccc1)NC(=O)[C@@H](NC(=O)OC(C)(C)CO)CC(=O)N1CCCC(CCO2)C1. The van der Waals surface area contributed by atoms with Crippen LogP contribution in [0.3, 0.4) is 0 Å². The van der Waals surface area contributed by atoms with E-state index >= 15 is 0 Å². The van der Waals surface area contributed by atoms with Crippen molar-refractivity contribution in [2.45, 2.75) is 83.5 Å². The second kappa shape index (κ2) is 15.7. The number of aryl methyl sites for hydroxylation is 2. The maximum Gasteiger partial charge on any atom is 0.408 e. The van der Waals surface area contributed by atoms with Crippen LogP contribution in [0.2, 0.25) is 0 Å². The summed E-state index contributed by atoms with van der Waals surface area (Å²) in [5.74, 6) is -0.384. The van der Waals surface area contributed by atoms with Crippen LogP contribution in [0.1, 0.15) is 62.6 Å². The standard InChI is InChI=1S/C34H46N4O7/c1-23-11-13-27-18-26(23)20-35-31(41)28(14-12-24-8-5-4-6-9-24)36-32(42)29(37-33(43)45-34(2,3)22-39)19-30(40)38-16-7-10-25(21-38)15-17-44-27/h4-6,8-9,11,13,18,25,28-29,39H,7,10,12,14-17,19-22H2,1-3H3,(H,35,41)(H,36,42)(H,37,43)/t25?,28-,29-/m0/s1. The third-order valence-corrected chi connectivity index (χ3v) is 8.37. The van der Waals surface area contributed by atoms with Gasteiger partial charge in [0, 0.05) is 19.6 Å². The van der Waals surface area contributed by atoms with Gasteiger partial charge in [-0.15, -0.1) is 0 Å². The molecule has 11 heteroatoms. The number of ether oxygens (including phenoxy) is 2. The summed E-state index contributed by atoms with van der Waals surface area (Å²) in [5.41, 5.74) is 1.70. The average Bonchev–Trinajstić information content (AvgIpc) is 3.02. The monoisotopic (exact) mass is 622 g/mol. The molecule has 0 spiro atoms. The molecule has 1 saturated heterocycles. The predicted octanol–water partition coefficient (Wildman–Crippen LogP) is 3.01. The van der Waals surface area contributed by atoms with E-state index in [-0.39, 0.29) is 30.7 Å².